The molecule has 0 aromatic heterocycles. The first-order valence-electron chi connectivity index (χ1n) is 9.15. The summed E-state index contributed by atoms with van der Waals surface area (Å²) in [7, 11) is -2.79. The van der Waals surface area contributed by atoms with Crippen molar-refractivity contribution in [2.45, 2.75) is 47.1 Å². The third kappa shape index (κ3) is 6.32. The molecule has 0 heterocycles. The molecule has 1 rings (SSSR count). The molecule has 0 aliphatic rings. The van der Waals surface area contributed by atoms with Crippen LogP contribution in [0.3, 0.4) is 0 Å². The van der Waals surface area contributed by atoms with Gasteiger partial charge in [0.2, 0.25) is 0 Å². The van der Waals surface area contributed by atoms with Crippen molar-refractivity contribution in [2.24, 2.45) is 0 Å². The van der Waals surface area contributed by atoms with Gasteiger partial charge in [-0.1, -0.05) is 6.07 Å². The highest BCUT2D eigenvalue weighted by molar-refractivity contribution is 6.60. The Labute approximate surface area is 157 Å². The highest BCUT2D eigenvalue weighted by Crippen LogP contribution is 2.22. The monoisotopic (exact) mass is 382 g/mol. The standard InChI is InChI=1S/C19H30O6Si/c1-6-22-19(21)17-11-10-16(18(14-17)15(5)20)12-13-26(23-7-2,24-8-3)25-9-4/h10-11,14H,6-9,12-13H2,1-5H3. The van der Waals surface area contributed by atoms with Crippen LogP contribution < -0.4 is 0 Å². The predicted molar refractivity (Wildman–Crippen MR) is 102 cm³/mol. The van der Waals surface area contributed by atoms with E-state index in [0.29, 0.717) is 50.0 Å². The Hall–Kier alpha value is -1.54. The van der Waals surface area contributed by atoms with Gasteiger partial charge in [-0.15, -0.1) is 0 Å². The van der Waals surface area contributed by atoms with E-state index in [-0.39, 0.29) is 5.78 Å². The number of carbonyl (C=O) groups is 2. The number of ketones is 1. The zero-order valence-corrected chi connectivity index (χ0v) is 17.4. The molecule has 0 saturated heterocycles. The first-order chi connectivity index (χ1) is 12.4. The van der Waals surface area contributed by atoms with Crippen molar-refractivity contribution in [1.29, 1.82) is 0 Å². The van der Waals surface area contributed by atoms with Gasteiger partial charge in [0, 0.05) is 31.4 Å². The Morgan fingerprint density at radius 1 is 0.923 bits per heavy atom. The van der Waals surface area contributed by atoms with Crippen molar-refractivity contribution in [1.82, 2.24) is 0 Å². The van der Waals surface area contributed by atoms with E-state index >= 15 is 0 Å². The van der Waals surface area contributed by atoms with Crippen LogP contribution in [0.2, 0.25) is 6.04 Å². The Morgan fingerprint density at radius 3 is 1.96 bits per heavy atom. The summed E-state index contributed by atoms with van der Waals surface area (Å²) < 4.78 is 22.6. The predicted octanol–water partition coefficient (Wildman–Crippen LogP) is 3.66. The number of Topliss-reactive ketones (excluding diaryl/α,β-unsaturated/α-hetero) is 1. The Morgan fingerprint density at radius 2 is 1.50 bits per heavy atom. The number of aryl methyl sites for hydroxylation is 1. The summed E-state index contributed by atoms with van der Waals surface area (Å²) in [6.45, 7) is 10.8. The molecule has 0 aliphatic carbocycles. The summed E-state index contributed by atoms with van der Waals surface area (Å²) in [6, 6.07) is 5.65. The van der Waals surface area contributed by atoms with Crippen LogP contribution in [0.15, 0.2) is 18.2 Å². The lowest BCUT2D eigenvalue weighted by Crippen LogP contribution is -2.46. The first kappa shape index (κ1) is 22.5. The number of hydrogen-bond acceptors (Lipinski definition) is 6. The van der Waals surface area contributed by atoms with Crippen LogP contribution >= 0.6 is 0 Å². The SMILES string of the molecule is CCOC(=O)c1ccc(CC[Si](OCC)(OCC)OCC)c(C(C)=O)c1. The molecule has 7 heteroatoms. The summed E-state index contributed by atoms with van der Waals surface area (Å²) in [5.41, 5.74) is 1.74. The van der Waals surface area contributed by atoms with Crippen LogP contribution in [0.1, 0.15) is 60.9 Å². The van der Waals surface area contributed by atoms with Gasteiger partial charge in [-0.05, 0) is 58.7 Å². The smallest absolute Gasteiger partial charge is 0.462 e. The van der Waals surface area contributed by atoms with E-state index in [0.717, 1.165) is 5.56 Å². The van der Waals surface area contributed by atoms with Gasteiger partial charge in [0.05, 0.1) is 12.2 Å². The van der Waals surface area contributed by atoms with Gasteiger partial charge in [-0.3, -0.25) is 4.79 Å². The largest absolute Gasteiger partial charge is 0.501 e. The third-order valence-electron chi connectivity index (χ3n) is 3.79. The first-order valence-corrected chi connectivity index (χ1v) is 11.1. The highest BCUT2D eigenvalue weighted by atomic mass is 28.4. The summed E-state index contributed by atoms with van der Waals surface area (Å²) >= 11 is 0. The number of ether oxygens (including phenoxy) is 1. The second-order valence-corrected chi connectivity index (χ2v) is 8.36. The lowest BCUT2D eigenvalue weighted by molar-refractivity contribution is 0.0526. The van der Waals surface area contributed by atoms with E-state index in [1.165, 1.54) is 6.92 Å². The van der Waals surface area contributed by atoms with E-state index < -0.39 is 14.8 Å². The molecule has 0 N–H and O–H groups in total. The van der Waals surface area contributed by atoms with E-state index in [4.69, 9.17) is 18.0 Å². The van der Waals surface area contributed by atoms with Crippen molar-refractivity contribution in [3.05, 3.63) is 34.9 Å². The van der Waals surface area contributed by atoms with Crippen molar-refractivity contribution < 1.29 is 27.6 Å². The van der Waals surface area contributed by atoms with Crippen LogP contribution in [-0.4, -0.2) is 47.0 Å². The number of hydrogen-bond donors (Lipinski definition) is 0. The average molecular weight is 383 g/mol. The molecule has 0 spiro atoms. The van der Waals surface area contributed by atoms with Gasteiger partial charge in [0.15, 0.2) is 5.78 Å². The van der Waals surface area contributed by atoms with Crippen LogP contribution in [0.5, 0.6) is 0 Å². The second-order valence-electron chi connectivity index (χ2n) is 5.63. The van der Waals surface area contributed by atoms with Crippen molar-refractivity contribution in [3.8, 4) is 0 Å². The highest BCUT2D eigenvalue weighted by Gasteiger charge is 2.40. The number of carbonyl (C=O) groups excluding carboxylic acids is 2. The number of rotatable bonds is 12. The van der Waals surface area contributed by atoms with E-state index in [1.54, 1.807) is 25.1 Å². The van der Waals surface area contributed by atoms with Crippen molar-refractivity contribution in [3.63, 3.8) is 0 Å². The zero-order valence-electron chi connectivity index (χ0n) is 16.4. The molecule has 0 unspecified atom stereocenters. The second kappa shape index (κ2) is 11.2. The molecular formula is C19H30O6Si. The quantitative estimate of drug-likeness (QED) is 0.312. The molecule has 0 amide bonds. The summed E-state index contributed by atoms with van der Waals surface area (Å²) in [5.74, 6) is -0.522. The van der Waals surface area contributed by atoms with Gasteiger partial charge in [0.1, 0.15) is 0 Å². The molecule has 0 radical (unpaired) electrons. The van der Waals surface area contributed by atoms with E-state index in [9.17, 15) is 9.59 Å². The fourth-order valence-electron chi connectivity index (χ4n) is 2.75. The molecule has 0 saturated carbocycles. The minimum atomic E-state index is -2.79. The third-order valence-corrected chi connectivity index (χ3v) is 6.84. The number of esters is 1. The van der Waals surface area contributed by atoms with Crippen molar-refractivity contribution >= 4 is 20.6 Å². The van der Waals surface area contributed by atoms with Crippen LogP contribution in [0, 0.1) is 0 Å². The minimum Gasteiger partial charge on any atom is -0.462 e. The summed E-state index contributed by atoms with van der Waals surface area (Å²) in [6.07, 6.45) is 0.574. The van der Waals surface area contributed by atoms with E-state index in [1.807, 2.05) is 20.8 Å². The maximum Gasteiger partial charge on any atom is 0.501 e. The van der Waals surface area contributed by atoms with Crippen LogP contribution in [0.25, 0.3) is 0 Å². The molecule has 0 aliphatic heterocycles. The molecule has 1 aromatic carbocycles. The Kier molecular flexibility index (Phi) is 9.72. The molecule has 0 atom stereocenters. The molecule has 6 nitrogen and oxygen atoms in total. The van der Waals surface area contributed by atoms with Crippen molar-refractivity contribution in [2.75, 3.05) is 26.4 Å². The Balaban J connectivity index is 3.06. The average Bonchev–Trinajstić information content (AvgIpc) is 2.60. The fraction of sp³-hybridized carbons (Fsp3) is 0.579. The van der Waals surface area contributed by atoms with Crippen LogP contribution in [0.4, 0.5) is 0 Å². The Bertz CT molecular complexity index is 585. The minimum absolute atomic E-state index is 0.0948. The van der Waals surface area contributed by atoms with Gasteiger partial charge in [-0.2, -0.15) is 0 Å². The lowest BCUT2D eigenvalue weighted by atomic mass is 9.99. The molecule has 0 bridgehead atoms. The summed E-state index contributed by atoms with van der Waals surface area (Å²) in [4.78, 5) is 24.0. The lowest BCUT2D eigenvalue weighted by Gasteiger charge is -2.28. The summed E-state index contributed by atoms with van der Waals surface area (Å²) in [5, 5.41) is 0. The molecule has 146 valence electrons. The topological polar surface area (TPSA) is 71.1 Å². The molecular weight excluding hydrogens is 352 g/mol. The van der Waals surface area contributed by atoms with Gasteiger partial charge in [-0.25, -0.2) is 4.79 Å². The van der Waals surface area contributed by atoms with Gasteiger partial charge in [0.25, 0.3) is 0 Å². The fourth-order valence-corrected chi connectivity index (χ4v) is 5.33. The molecule has 0 fully saturated rings. The molecule has 26 heavy (non-hydrogen) atoms. The van der Waals surface area contributed by atoms with Gasteiger partial charge < -0.3 is 18.0 Å². The van der Waals surface area contributed by atoms with Crippen LogP contribution in [-0.2, 0) is 24.4 Å². The van der Waals surface area contributed by atoms with Gasteiger partial charge >= 0.3 is 14.8 Å². The zero-order chi connectivity index (χ0) is 19.6. The molecule has 1 aromatic rings. The normalized spacial score (nSPS) is 11.4. The maximum atomic E-state index is 12.1. The van der Waals surface area contributed by atoms with E-state index in [2.05, 4.69) is 0 Å². The maximum absolute atomic E-state index is 12.1. The number of benzene rings is 1.